The Hall–Kier alpha value is -1.56. The number of aryl methyl sites for hydroxylation is 2. The Balaban J connectivity index is 2.43. The summed E-state index contributed by atoms with van der Waals surface area (Å²) in [6.45, 7) is 6.74. The first kappa shape index (κ1) is 17.5. The molecule has 0 atom stereocenters. The SMILES string of the molecule is CCCCCCCCCCn1c(C)cc(C)c(C#N)c1=O. The topological polar surface area (TPSA) is 45.8 Å². The van der Waals surface area contributed by atoms with Gasteiger partial charge in [0.2, 0.25) is 0 Å². The van der Waals surface area contributed by atoms with Crippen molar-refractivity contribution in [2.75, 3.05) is 0 Å². The lowest BCUT2D eigenvalue weighted by Crippen LogP contribution is -2.25. The Labute approximate surface area is 128 Å². The van der Waals surface area contributed by atoms with Gasteiger partial charge in [0.05, 0.1) is 0 Å². The van der Waals surface area contributed by atoms with Crippen molar-refractivity contribution in [1.29, 1.82) is 5.26 Å². The fraction of sp³-hybridized carbons (Fsp3) is 0.667. The predicted molar refractivity (Wildman–Crippen MR) is 87.5 cm³/mol. The third kappa shape index (κ3) is 5.38. The van der Waals surface area contributed by atoms with Gasteiger partial charge in [-0.15, -0.1) is 0 Å². The summed E-state index contributed by atoms with van der Waals surface area (Å²) in [6.07, 6.45) is 10.0. The number of hydrogen-bond acceptors (Lipinski definition) is 2. The van der Waals surface area contributed by atoms with Gasteiger partial charge >= 0.3 is 0 Å². The lowest BCUT2D eigenvalue weighted by molar-refractivity contribution is 0.532. The van der Waals surface area contributed by atoms with Crippen LogP contribution in [0.1, 0.15) is 75.1 Å². The molecule has 1 aromatic rings. The van der Waals surface area contributed by atoms with Gasteiger partial charge in [0.15, 0.2) is 0 Å². The van der Waals surface area contributed by atoms with Crippen LogP contribution >= 0.6 is 0 Å². The Kier molecular flexibility index (Phi) is 7.82. The van der Waals surface area contributed by atoms with E-state index >= 15 is 0 Å². The zero-order chi connectivity index (χ0) is 15.7. The fourth-order valence-corrected chi connectivity index (χ4v) is 2.74. The summed E-state index contributed by atoms with van der Waals surface area (Å²) >= 11 is 0. The molecule has 0 amide bonds. The van der Waals surface area contributed by atoms with Crippen molar-refractivity contribution in [2.24, 2.45) is 0 Å². The van der Waals surface area contributed by atoms with Crippen LogP contribution in [0.2, 0.25) is 0 Å². The Morgan fingerprint density at radius 2 is 1.62 bits per heavy atom. The molecular weight excluding hydrogens is 260 g/mol. The highest BCUT2D eigenvalue weighted by molar-refractivity contribution is 5.36. The fourth-order valence-electron chi connectivity index (χ4n) is 2.74. The molecule has 0 aromatic carbocycles. The first-order valence-corrected chi connectivity index (χ1v) is 8.23. The summed E-state index contributed by atoms with van der Waals surface area (Å²) in [5, 5.41) is 9.06. The highest BCUT2D eigenvalue weighted by Gasteiger charge is 2.09. The molecule has 3 nitrogen and oxygen atoms in total. The van der Waals surface area contributed by atoms with Crippen LogP contribution < -0.4 is 5.56 Å². The monoisotopic (exact) mass is 288 g/mol. The van der Waals surface area contributed by atoms with Crippen molar-refractivity contribution < 1.29 is 0 Å². The Morgan fingerprint density at radius 1 is 1.05 bits per heavy atom. The van der Waals surface area contributed by atoms with Crippen LogP contribution in [0.4, 0.5) is 0 Å². The molecule has 21 heavy (non-hydrogen) atoms. The van der Waals surface area contributed by atoms with Gasteiger partial charge in [-0.25, -0.2) is 0 Å². The molecule has 0 aliphatic carbocycles. The maximum atomic E-state index is 12.2. The number of rotatable bonds is 9. The number of hydrogen-bond donors (Lipinski definition) is 0. The molecule has 1 heterocycles. The van der Waals surface area contributed by atoms with Crippen LogP contribution in [0.25, 0.3) is 0 Å². The van der Waals surface area contributed by atoms with E-state index in [2.05, 4.69) is 6.92 Å². The molecule has 0 radical (unpaired) electrons. The van der Waals surface area contributed by atoms with Crippen molar-refractivity contribution in [3.8, 4) is 6.07 Å². The molecule has 0 unspecified atom stereocenters. The number of pyridine rings is 1. The van der Waals surface area contributed by atoms with E-state index in [1.165, 1.54) is 38.5 Å². The van der Waals surface area contributed by atoms with E-state index in [1.54, 1.807) is 4.57 Å². The standard InChI is InChI=1S/C18H28N2O/c1-4-5-6-7-8-9-10-11-12-20-16(3)13-15(2)17(14-19)18(20)21/h13H,4-12H2,1-3H3. The van der Waals surface area contributed by atoms with E-state index in [-0.39, 0.29) is 5.56 Å². The molecule has 0 saturated heterocycles. The van der Waals surface area contributed by atoms with Crippen molar-refractivity contribution in [3.05, 3.63) is 33.2 Å². The van der Waals surface area contributed by atoms with Crippen molar-refractivity contribution in [3.63, 3.8) is 0 Å². The lowest BCUT2D eigenvalue weighted by Gasteiger charge is -2.11. The van der Waals surface area contributed by atoms with Crippen LogP contribution in [0.15, 0.2) is 10.9 Å². The number of unbranched alkanes of at least 4 members (excludes halogenated alkanes) is 7. The molecule has 0 saturated carbocycles. The molecule has 0 aliphatic heterocycles. The maximum Gasteiger partial charge on any atom is 0.268 e. The molecule has 0 spiro atoms. The molecule has 0 bridgehead atoms. The molecule has 3 heteroatoms. The van der Waals surface area contributed by atoms with Gasteiger partial charge < -0.3 is 4.57 Å². The third-order valence-corrected chi connectivity index (χ3v) is 4.05. The first-order valence-electron chi connectivity index (χ1n) is 8.23. The summed E-state index contributed by atoms with van der Waals surface area (Å²) in [7, 11) is 0. The number of nitrogens with zero attached hydrogens (tertiary/aromatic N) is 2. The average Bonchev–Trinajstić information content (AvgIpc) is 2.45. The maximum absolute atomic E-state index is 12.2. The zero-order valence-electron chi connectivity index (χ0n) is 13.7. The van der Waals surface area contributed by atoms with Gasteiger partial charge in [-0.1, -0.05) is 51.9 Å². The quantitative estimate of drug-likeness (QED) is 0.629. The molecule has 1 rings (SSSR count). The van der Waals surface area contributed by atoms with Crippen molar-refractivity contribution >= 4 is 0 Å². The van der Waals surface area contributed by atoms with Gasteiger partial charge in [0.1, 0.15) is 11.6 Å². The van der Waals surface area contributed by atoms with Gasteiger partial charge in [0, 0.05) is 12.2 Å². The number of nitriles is 1. The normalized spacial score (nSPS) is 10.6. The van der Waals surface area contributed by atoms with Gasteiger partial charge in [-0.05, 0) is 31.9 Å². The summed E-state index contributed by atoms with van der Waals surface area (Å²) in [6, 6.07) is 3.96. The van der Waals surface area contributed by atoms with Crippen molar-refractivity contribution in [1.82, 2.24) is 4.57 Å². The van der Waals surface area contributed by atoms with Crippen LogP contribution in [-0.2, 0) is 6.54 Å². The van der Waals surface area contributed by atoms with Crippen LogP contribution in [-0.4, -0.2) is 4.57 Å². The number of aromatic nitrogens is 1. The molecule has 0 aliphatic rings. The molecule has 116 valence electrons. The Morgan fingerprint density at radius 3 is 2.19 bits per heavy atom. The lowest BCUT2D eigenvalue weighted by atomic mass is 10.1. The van der Waals surface area contributed by atoms with Gasteiger partial charge in [-0.3, -0.25) is 4.79 Å². The summed E-state index contributed by atoms with van der Waals surface area (Å²) in [5.74, 6) is 0. The molecule has 0 fully saturated rings. The minimum Gasteiger partial charge on any atom is -0.312 e. The Bertz CT molecular complexity index is 537. The van der Waals surface area contributed by atoms with E-state index in [4.69, 9.17) is 5.26 Å². The van der Waals surface area contributed by atoms with Crippen LogP contribution in [0, 0.1) is 25.2 Å². The summed E-state index contributed by atoms with van der Waals surface area (Å²) in [5.41, 5.74) is 1.91. The predicted octanol–water partition coefficient (Wildman–Crippen LogP) is 4.48. The molecule has 0 N–H and O–H groups in total. The minimum absolute atomic E-state index is 0.127. The first-order chi connectivity index (χ1) is 10.1. The van der Waals surface area contributed by atoms with Crippen molar-refractivity contribution in [2.45, 2.75) is 78.7 Å². The van der Waals surface area contributed by atoms with E-state index in [9.17, 15) is 4.79 Å². The van der Waals surface area contributed by atoms with Crippen LogP contribution in [0.5, 0.6) is 0 Å². The highest BCUT2D eigenvalue weighted by atomic mass is 16.1. The van der Waals surface area contributed by atoms with E-state index in [0.29, 0.717) is 5.56 Å². The minimum atomic E-state index is -0.127. The second-order valence-corrected chi connectivity index (χ2v) is 5.89. The van der Waals surface area contributed by atoms with Crippen LogP contribution in [0.3, 0.4) is 0 Å². The highest BCUT2D eigenvalue weighted by Crippen LogP contribution is 2.10. The molecular formula is C18H28N2O. The average molecular weight is 288 g/mol. The van der Waals surface area contributed by atoms with Gasteiger partial charge in [-0.2, -0.15) is 5.26 Å². The molecule has 1 aromatic heterocycles. The second-order valence-electron chi connectivity index (χ2n) is 5.89. The zero-order valence-corrected chi connectivity index (χ0v) is 13.7. The summed E-state index contributed by atoms with van der Waals surface area (Å²) < 4.78 is 1.75. The van der Waals surface area contributed by atoms with Gasteiger partial charge in [0.25, 0.3) is 5.56 Å². The smallest absolute Gasteiger partial charge is 0.268 e. The largest absolute Gasteiger partial charge is 0.312 e. The van der Waals surface area contributed by atoms with E-state index in [1.807, 2.05) is 26.0 Å². The van der Waals surface area contributed by atoms with E-state index in [0.717, 1.165) is 30.6 Å². The second kappa shape index (κ2) is 9.39. The third-order valence-electron chi connectivity index (χ3n) is 4.05. The summed E-state index contributed by atoms with van der Waals surface area (Å²) in [4.78, 5) is 12.2. The van der Waals surface area contributed by atoms with E-state index < -0.39 is 0 Å².